The molecule has 25 heavy (non-hydrogen) atoms. The summed E-state index contributed by atoms with van der Waals surface area (Å²) in [5.41, 5.74) is 3.37. The van der Waals surface area contributed by atoms with Crippen molar-refractivity contribution in [2.45, 2.75) is 38.6 Å². The van der Waals surface area contributed by atoms with Crippen molar-refractivity contribution >= 4 is 17.7 Å². The van der Waals surface area contributed by atoms with E-state index >= 15 is 0 Å². The Hall–Kier alpha value is -2.50. The number of hydrogen-bond acceptors (Lipinski definition) is 3. The number of benzene rings is 1. The first kappa shape index (κ1) is 18.8. The average molecular weight is 344 g/mol. The number of nitrogens with zero attached hydrogens (tertiary/aromatic N) is 1. The van der Waals surface area contributed by atoms with Crippen LogP contribution in [0.4, 0.5) is 10.5 Å². The SMILES string of the molecule is CN=C(NCCC1=CCCCC1)NCc1ccc(NC(=O)OC)cc1. The van der Waals surface area contributed by atoms with E-state index in [-0.39, 0.29) is 0 Å². The number of nitrogens with one attached hydrogen (secondary N) is 3. The van der Waals surface area contributed by atoms with E-state index in [9.17, 15) is 4.79 Å². The normalized spacial score (nSPS) is 14.5. The first-order valence-electron chi connectivity index (χ1n) is 8.77. The summed E-state index contributed by atoms with van der Waals surface area (Å²) in [5, 5.41) is 9.29. The van der Waals surface area contributed by atoms with Gasteiger partial charge in [0, 0.05) is 25.8 Å². The topological polar surface area (TPSA) is 74.8 Å². The van der Waals surface area contributed by atoms with Crippen LogP contribution in [0.25, 0.3) is 0 Å². The van der Waals surface area contributed by atoms with Gasteiger partial charge < -0.3 is 15.4 Å². The van der Waals surface area contributed by atoms with E-state index in [0.29, 0.717) is 12.2 Å². The maximum atomic E-state index is 11.2. The number of amides is 1. The Balaban J connectivity index is 1.72. The summed E-state index contributed by atoms with van der Waals surface area (Å²) in [4.78, 5) is 15.4. The van der Waals surface area contributed by atoms with Crippen LogP contribution >= 0.6 is 0 Å². The zero-order valence-electron chi connectivity index (χ0n) is 15.1. The highest BCUT2D eigenvalue weighted by Crippen LogP contribution is 2.19. The van der Waals surface area contributed by atoms with Crippen LogP contribution in [0, 0.1) is 0 Å². The monoisotopic (exact) mass is 344 g/mol. The van der Waals surface area contributed by atoms with E-state index in [1.165, 1.54) is 32.8 Å². The molecular weight excluding hydrogens is 316 g/mol. The number of aliphatic imine (C=N–C) groups is 1. The van der Waals surface area contributed by atoms with Crippen molar-refractivity contribution < 1.29 is 9.53 Å². The number of ether oxygens (including phenoxy) is 1. The van der Waals surface area contributed by atoms with Crippen molar-refractivity contribution in [3.05, 3.63) is 41.5 Å². The molecule has 1 amide bonds. The van der Waals surface area contributed by atoms with Gasteiger partial charge in [-0.25, -0.2) is 4.79 Å². The molecule has 0 aromatic heterocycles. The van der Waals surface area contributed by atoms with E-state index in [2.05, 4.69) is 31.8 Å². The number of rotatable bonds is 6. The summed E-state index contributed by atoms with van der Waals surface area (Å²) >= 11 is 0. The fraction of sp³-hybridized carbons (Fsp3) is 0.474. The number of allylic oxidation sites excluding steroid dienone is 1. The Labute approximate surface area is 149 Å². The molecule has 1 aliphatic rings. The molecule has 0 spiro atoms. The molecule has 0 unspecified atom stereocenters. The van der Waals surface area contributed by atoms with E-state index in [4.69, 9.17) is 0 Å². The van der Waals surface area contributed by atoms with Gasteiger partial charge in [-0.2, -0.15) is 0 Å². The van der Waals surface area contributed by atoms with Crippen LogP contribution in [0.5, 0.6) is 0 Å². The first-order valence-corrected chi connectivity index (χ1v) is 8.77. The van der Waals surface area contributed by atoms with Gasteiger partial charge in [-0.05, 0) is 49.8 Å². The molecule has 1 aromatic carbocycles. The summed E-state index contributed by atoms with van der Waals surface area (Å²) in [6.07, 6.45) is 8.10. The Kier molecular flexibility index (Phi) is 7.82. The highest BCUT2D eigenvalue weighted by molar-refractivity contribution is 5.84. The van der Waals surface area contributed by atoms with E-state index < -0.39 is 6.09 Å². The second-order valence-electron chi connectivity index (χ2n) is 6.02. The molecule has 2 rings (SSSR count). The van der Waals surface area contributed by atoms with Gasteiger partial charge in [0.1, 0.15) is 0 Å². The van der Waals surface area contributed by atoms with Gasteiger partial charge in [0.2, 0.25) is 0 Å². The summed E-state index contributed by atoms with van der Waals surface area (Å²) in [5.74, 6) is 0.799. The minimum atomic E-state index is -0.469. The highest BCUT2D eigenvalue weighted by atomic mass is 16.5. The Morgan fingerprint density at radius 3 is 2.64 bits per heavy atom. The second kappa shape index (κ2) is 10.4. The maximum absolute atomic E-state index is 11.2. The number of carbonyl (C=O) groups excluding carboxylic acids is 1. The van der Waals surface area contributed by atoms with Crippen LogP contribution in [0.2, 0.25) is 0 Å². The van der Waals surface area contributed by atoms with Gasteiger partial charge in [0.25, 0.3) is 0 Å². The van der Waals surface area contributed by atoms with Gasteiger partial charge in [0.15, 0.2) is 5.96 Å². The molecule has 0 saturated carbocycles. The number of carbonyl (C=O) groups is 1. The van der Waals surface area contributed by atoms with Gasteiger partial charge in [-0.15, -0.1) is 0 Å². The minimum Gasteiger partial charge on any atom is -0.453 e. The van der Waals surface area contributed by atoms with Crippen LogP contribution in [0.3, 0.4) is 0 Å². The summed E-state index contributed by atoms with van der Waals surface area (Å²) in [7, 11) is 3.12. The lowest BCUT2D eigenvalue weighted by molar-refractivity contribution is 0.187. The molecule has 6 heteroatoms. The van der Waals surface area contributed by atoms with E-state index in [1.54, 1.807) is 12.6 Å². The molecule has 1 aromatic rings. The molecule has 0 aliphatic heterocycles. The van der Waals surface area contributed by atoms with Crippen LogP contribution in [0.1, 0.15) is 37.7 Å². The standard InChI is InChI=1S/C19H28N4O2/c1-20-18(21-13-12-15-6-4-3-5-7-15)22-14-16-8-10-17(11-9-16)23-19(24)25-2/h6,8-11H,3-5,7,12-14H2,1-2H3,(H,23,24)(H2,20,21,22). The molecule has 0 saturated heterocycles. The maximum Gasteiger partial charge on any atom is 0.411 e. The van der Waals surface area contributed by atoms with Crippen molar-refractivity contribution in [1.82, 2.24) is 10.6 Å². The largest absolute Gasteiger partial charge is 0.453 e. The third-order valence-corrected chi connectivity index (χ3v) is 4.19. The van der Waals surface area contributed by atoms with Crippen LogP contribution in [0.15, 0.2) is 40.9 Å². The van der Waals surface area contributed by atoms with E-state index in [0.717, 1.165) is 24.5 Å². The van der Waals surface area contributed by atoms with Gasteiger partial charge >= 0.3 is 6.09 Å². The number of hydrogen-bond donors (Lipinski definition) is 3. The predicted octanol–water partition coefficient (Wildman–Crippen LogP) is 3.42. The molecule has 3 N–H and O–H groups in total. The average Bonchev–Trinajstić information content (AvgIpc) is 2.66. The van der Waals surface area contributed by atoms with Crippen LogP contribution < -0.4 is 16.0 Å². The van der Waals surface area contributed by atoms with Crippen LogP contribution in [-0.4, -0.2) is 32.8 Å². The van der Waals surface area contributed by atoms with Crippen molar-refractivity contribution in [3.63, 3.8) is 0 Å². The molecule has 1 aliphatic carbocycles. The quantitative estimate of drug-likeness (QED) is 0.420. The lowest BCUT2D eigenvalue weighted by atomic mass is 9.97. The summed E-state index contributed by atoms with van der Waals surface area (Å²) in [6.45, 7) is 1.56. The molecule has 0 fully saturated rings. The minimum absolute atomic E-state index is 0.469. The highest BCUT2D eigenvalue weighted by Gasteiger charge is 2.04. The first-order chi connectivity index (χ1) is 12.2. The number of methoxy groups -OCH3 is 1. The molecular formula is C19H28N4O2. The van der Waals surface area contributed by atoms with Gasteiger partial charge in [-0.3, -0.25) is 10.3 Å². The zero-order chi connectivity index (χ0) is 17.9. The Bertz CT molecular complexity index is 608. The third-order valence-electron chi connectivity index (χ3n) is 4.19. The summed E-state index contributed by atoms with van der Waals surface area (Å²) < 4.78 is 4.57. The molecule has 0 radical (unpaired) electrons. The van der Waals surface area contributed by atoms with Crippen molar-refractivity contribution in [2.24, 2.45) is 4.99 Å². The molecule has 136 valence electrons. The zero-order valence-corrected chi connectivity index (χ0v) is 15.1. The van der Waals surface area contributed by atoms with Crippen molar-refractivity contribution in [1.29, 1.82) is 0 Å². The molecule has 0 heterocycles. The Morgan fingerprint density at radius 1 is 1.20 bits per heavy atom. The third kappa shape index (κ3) is 6.87. The fourth-order valence-electron chi connectivity index (χ4n) is 2.75. The predicted molar refractivity (Wildman–Crippen MR) is 102 cm³/mol. The summed E-state index contributed by atoms with van der Waals surface area (Å²) in [6, 6.07) is 7.61. The second-order valence-corrected chi connectivity index (χ2v) is 6.02. The van der Waals surface area contributed by atoms with Gasteiger partial charge in [-0.1, -0.05) is 23.8 Å². The van der Waals surface area contributed by atoms with Crippen molar-refractivity contribution in [2.75, 3.05) is 26.0 Å². The number of anilines is 1. The molecule has 6 nitrogen and oxygen atoms in total. The van der Waals surface area contributed by atoms with Gasteiger partial charge in [0.05, 0.1) is 7.11 Å². The Morgan fingerprint density at radius 2 is 2.00 bits per heavy atom. The van der Waals surface area contributed by atoms with Crippen LogP contribution in [-0.2, 0) is 11.3 Å². The smallest absolute Gasteiger partial charge is 0.411 e. The van der Waals surface area contributed by atoms with E-state index in [1.807, 2.05) is 24.3 Å². The van der Waals surface area contributed by atoms with Crippen molar-refractivity contribution in [3.8, 4) is 0 Å². The fourth-order valence-corrected chi connectivity index (χ4v) is 2.75. The lowest BCUT2D eigenvalue weighted by Crippen LogP contribution is -2.37. The lowest BCUT2D eigenvalue weighted by Gasteiger charge is -2.15. The molecule has 0 bridgehead atoms. The number of guanidine groups is 1. The molecule has 0 atom stereocenters.